The Morgan fingerprint density at radius 1 is 1.35 bits per heavy atom. The fourth-order valence-corrected chi connectivity index (χ4v) is 2.13. The largest absolute Gasteiger partial charge is 0.356 e. The molecular formula is C14H27N3. The van der Waals surface area contributed by atoms with E-state index in [4.69, 9.17) is 0 Å². The number of hydrogen-bond donors (Lipinski definition) is 1. The van der Waals surface area contributed by atoms with Crippen molar-refractivity contribution in [2.75, 3.05) is 20.1 Å². The molecule has 0 aromatic heterocycles. The van der Waals surface area contributed by atoms with Crippen LogP contribution >= 0.6 is 0 Å². The first kappa shape index (κ1) is 14.1. The number of guanidine groups is 1. The van der Waals surface area contributed by atoms with E-state index in [-0.39, 0.29) is 5.54 Å². The molecule has 0 saturated carbocycles. The molecule has 0 aromatic carbocycles. The molecule has 3 heteroatoms. The minimum Gasteiger partial charge on any atom is -0.356 e. The summed E-state index contributed by atoms with van der Waals surface area (Å²) in [5, 5.41) is 3.42. The van der Waals surface area contributed by atoms with Crippen LogP contribution in [0.4, 0.5) is 0 Å². The molecule has 0 aromatic rings. The van der Waals surface area contributed by atoms with E-state index < -0.39 is 0 Å². The number of nitrogens with one attached hydrogen (secondary N) is 1. The summed E-state index contributed by atoms with van der Waals surface area (Å²) in [5.74, 6) is 1.03. The van der Waals surface area contributed by atoms with E-state index in [0.29, 0.717) is 5.41 Å². The molecule has 17 heavy (non-hydrogen) atoms. The van der Waals surface area contributed by atoms with Crippen molar-refractivity contribution in [2.24, 2.45) is 10.4 Å². The number of nitrogens with zero attached hydrogens (tertiary/aromatic N) is 2. The van der Waals surface area contributed by atoms with Gasteiger partial charge in [-0.25, -0.2) is 0 Å². The van der Waals surface area contributed by atoms with Gasteiger partial charge in [-0.2, -0.15) is 0 Å². The van der Waals surface area contributed by atoms with Crippen molar-refractivity contribution in [3.05, 3.63) is 12.2 Å². The van der Waals surface area contributed by atoms with Gasteiger partial charge in [0.2, 0.25) is 0 Å². The zero-order valence-corrected chi connectivity index (χ0v) is 12.2. The first-order chi connectivity index (χ1) is 7.86. The number of allylic oxidation sites excluding steroid dienone is 1. The highest BCUT2D eigenvalue weighted by Crippen LogP contribution is 2.46. The van der Waals surface area contributed by atoms with E-state index in [2.05, 4.69) is 62.0 Å². The molecule has 0 unspecified atom stereocenters. The smallest absolute Gasteiger partial charge is 0.194 e. The third kappa shape index (κ3) is 2.64. The van der Waals surface area contributed by atoms with Crippen LogP contribution in [0.2, 0.25) is 0 Å². The molecule has 1 rings (SSSR count). The van der Waals surface area contributed by atoms with Crippen molar-refractivity contribution in [3.63, 3.8) is 0 Å². The van der Waals surface area contributed by atoms with Crippen LogP contribution in [0, 0.1) is 5.41 Å². The van der Waals surface area contributed by atoms with E-state index in [1.165, 1.54) is 0 Å². The molecule has 1 heterocycles. The van der Waals surface area contributed by atoms with Gasteiger partial charge in [-0.05, 0) is 27.2 Å². The average molecular weight is 237 g/mol. The molecule has 3 nitrogen and oxygen atoms in total. The van der Waals surface area contributed by atoms with E-state index in [1.807, 2.05) is 7.05 Å². The molecular weight excluding hydrogens is 210 g/mol. The molecule has 0 spiro atoms. The molecule has 98 valence electrons. The summed E-state index contributed by atoms with van der Waals surface area (Å²) in [7, 11) is 1.86. The third-order valence-corrected chi connectivity index (χ3v) is 4.18. The number of hydrogen-bond acceptors (Lipinski definition) is 1. The highest BCUT2D eigenvalue weighted by atomic mass is 15.4. The lowest BCUT2D eigenvalue weighted by atomic mass is 9.65. The van der Waals surface area contributed by atoms with Crippen LogP contribution in [0.3, 0.4) is 0 Å². The summed E-state index contributed by atoms with van der Waals surface area (Å²) < 4.78 is 0. The predicted molar refractivity (Wildman–Crippen MR) is 75.4 cm³/mol. The lowest BCUT2D eigenvalue weighted by Gasteiger charge is -2.62. The average Bonchev–Trinajstić information content (AvgIpc) is 2.27. The van der Waals surface area contributed by atoms with Crippen LogP contribution in [0.25, 0.3) is 0 Å². The second kappa shape index (κ2) is 5.11. The van der Waals surface area contributed by atoms with Crippen molar-refractivity contribution >= 4 is 5.96 Å². The van der Waals surface area contributed by atoms with Crippen LogP contribution in [-0.4, -0.2) is 36.5 Å². The first-order valence-corrected chi connectivity index (χ1v) is 6.46. The minimum absolute atomic E-state index is 0.176. The predicted octanol–water partition coefficient (Wildman–Crippen LogP) is 2.65. The summed E-state index contributed by atoms with van der Waals surface area (Å²) in [4.78, 5) is 6.74. The van der Waals surface area contributed by atoms with Crippen molar-refractivity contribution in [1.29, 1.82) is 0 Å². The van der Waals surface area contributed by atoms with Gasteiger partial charge in [-0.15, -0.1) is 0 Å². The highest BCUT2D eigenvalue weighted by Gasteiger charge is 2.53. The van der Waals surface area contributed by atoms with Crippen molar-refractivity contribution in [2.45, 2.75) is 46.6 Å². The fourth-order valence-electron chi connectivity index (χ4n) is 2.13. The fraction of sp³-hybridized carbons (Fsp3) is 0.786. The van der Waals surface area contributed by atoms with Crippen LogP contribution in [-0.2, 0) is 0 Å². The van der Waals surface area contributed by atoms with E-state index in [0.717, 1.165) is 25.5 Å². The van der Waals surface area contributed by atoms with Crippen LogP contribution in [0.15, 0.2) is 17.1 Å². The summed E-state index contributed by atoms with van der Waals surface area (Å²) >= 11 is 0. The second-order valence-corrected chi connectivity index (χ2v) is 5.86. The number of aliphatic imine (C=N–C) groups is 1. The zero-order chi connectivity index (χ0) is 13.1. The zero-order valence-electron chi connectivity index (χ0n) is 12.2. The quantitative estimate of drug-likeness (QED) is 0.354. The van der Waals surface area contributed by atoms with Gasteiger partial charge < -0.3 is 10.2 Å². The molecule has 0 amide bonds. The lowest BCUT2D eigenvalue weighted by Crippen LogP contribution is -2.72. The van der Waals surface area contributed by atoms with Gasteiger partial charge in [0.25, 0.3) is 0 Å². The SMILES string of the molecule is C/C=C/CCNC(=NC)N1CC(C)(C)C1(C)C. The first-order valence-electron chi connectivity index (χ1n) is 6.46. The molecule has 1 saturated heterocycles. The maximum Gasteiger partial charge on any atom is 0.194 e. The Morgan fingerprint density at radius 2 is 2.00 bits per heavy atom. The Labute approximate surface area is 106 Å². The van der Waals surface area contributed by atoms with Gasteiger partial charge in [0.05, 0.1) is 0 Å². The minimum atomic E-state index is 0.176. The Bertz CT molecular complexity index is 313. The second-order valence-electron chi connectivity index (χ2n) is 5.86. The molecule has 1 fully saturated rings. The molecule has 1 N–H and O–H groups in total. The van der Waals surface area contributed by atoms with Crippen LogP contribution < -0.4 is 5.32 Å². The number of rotatable bonds is 3. The normalized spacial score (nSPS) is 22.7. The standard InChI is InChI=1S/C14H27N3/c1-7-8-9-10-16-12(15-6)17-11-13(2,3)14(17,4)5/h7-8H,9-11H2,1-6H3,(H,15,16)/b8-7+. The van der Waals surface area contributed by atoms with E-state index in [9.17, 15) is 0 Å². The van der Waals surface area contributed by atoms with Gasteiger partial charge in [-0.1, -0.05) is 26.0 Å². The Morgan fingerprint density at radius 3 is 2.41 bits per heavy atom. The highest BCUT2D eigenvalue weighted by molar-refractivity contribution is 5.81. The van der Waals surface area contributed by atoms with Crippen molar-refractivity contribution in [1.82, 2.24) is 10.2 Å². The Kier molecular flexibility index (Phi) is 4.23. The van der Waals surface area contributed by atoms with Gasteiger partial charge >= 0.3 is 0 Å². The molecule has 0 bridgehead atoms. The Balaban J connectivity index is 2.54. The molecule has 0 aliphatic carbocycles. The van der Waals surface area contributed by atoms with E-state index in [1.54, 1.807) is 0 Å². The lowest BCUT2D eigenvalue weighted by molar-refractivity contribution is -0.0666. The maximum atomic E-state index is 4.38. The maximum absolute atomic E-state index is 4.38. The van der Waals surface area contributed by atoms with Crippen LogP contribution in [0.1, 0.15) is 41.0 Å². The summed E-state index contributed by atoms with van der Waals surface area (Å²) in [5.41, 5.74) is 0.531. The number of likely N-dealkylation sites (tertiary alicyclic amines) is 1. The molecule has 1 aliphatic rings. The molecule has 1 aliphatic heterocycles. The van der Waals surface area contributed by atoms with Gasteiger partial charge in [-0.3, -0.25) is 4.99 Å². The van der Waals surface area contributed by atoms with Gasteiger partial charge in [0.15, 0.2) is 5.96 Å². The van der Waals surface area contributed by atoms with Crippen molar-refractivity contribution < 1.29 is 0 Å². The van der Waals surface area contributed by atoms with Gasteiger partial charge in [0, 0.05) is 31.1 Å². The van der Waals surface area contributed by atoms with Crippen LogP contribution in [0.5, 0.6) is 0 Å². The topological polar surface area (TPSA) is 27.6 Å². The summed E-state index contributed by atoms with van der Waals surface area (Å²) in [6.07, 6.45) is 5.31. The van der Waals surface area contributed by atoms with E-state index >= 15 is 0 Å². The third-order valence-electron chi connectivity index (χ3n) is 4.18. The Hall–Kier alpha value is -0.990. The van der Waals surface area contributed by atoms with Crippen molar-refractivity contribution in [3.8, 4) is 0 Å². The molecule has 0 atom stereocenters. The summed E-state index contributed by atoms with van der Waals surface area (Å²) in [6, 6.07) is 0. The summed E-state index contributed by atoms with van der Waals surface area (Å²) in [6.45, 7) is 13.3. The molecule has 0 radical (unpaired) electrons. The monoisotopic (exact) mass is 237 g/mol. The van der Waals surface area contributed by atoms with Gasteiger partial charge in [0.1, 0.15) is 0 Å².